The molecule has 3 rings (SSSR count). The molecule has 1 fully saturated rings. The summed E-state index contributed by atoms with van der Waals surface area (Å²) < 4.78 is 54.3. The third-order valence-electron chi connectivity index (χ3n) is 4.34. The van der Waals surface area contributed by atoms with Crippen LogP contribution < -0.4 is 10.1 Å². The molecule has 7 heteroatoms. The predicted molar refractivity (Wildman–Crippen MR) is 83.7 cm³/mol. The maximum atomic E-state index is 13.5. The zero-order valence-electron chi connectivity index (χ0n) is 13.1. The quantitative estimate of drug-likeness (QED) is 0.803. The van der Waals surface area contributed by atoms with Crippen molar-refractivity contribution in [2.24, 2.45) is 0 Å². The predicted octanol–water partition coefficient (Wildman–Crippen LogP) is 4.78. The van der Waals surface area contributed by atoms with Crippen molar-refractivity contribution in [1.29, 1.82) is 0 Å². The van der Waals surface area contributed by atoms with Crippen LogP contribution in [-0.4, -0.2) is 12.3 Å². The Hall–Kier alpha value is -2.57. The van der Waals surface area contributed by atoms with Gasteiger partial charge in [-0.2, -0.15) is 0 Å². The van der Waals surface area contributed by atoms with Gasteiger partial charge in [-0.05, 0) is 42.7 Å². The Morgan fingerprint density at radius 2 is 1.80 bits per heavy atom. The summed E-state index contributed by atoms with van der Waals surface area (Å²) >= 11 is 0. The first-order valence-corrected chi connectivity index (χ1v) is 7.72. The fourth-order valence-corrected chi connectivity index (χ4v) is 2.99. The molecule has 0 unspecified atom stereocenters. The van der Waals surface area contributed by atoms with E-state index >= 15 is 0 Å². The third-order valence-corrected chi connectivity index (χ3v) is 4.34. The first-order chi connectivity index (χ1) is 11.8. The molecule has 3 nitrogen and oxygen atoms in total. The van der Waals surface area contributed by atoms with Crippen LogP contribution in [0.3, 0.4) is 0 Å². The molecule has 1 amide bonds. The van der Waals surface area contributed by atoms with Gasteiger partial charge in [0.05, 0.1) is 5.41 Å². The van der Waals surface area contributed by atoms with Gasteiger partial charge in [0.15, 0.2) is 0 Å². The maximum Gasteiger partial charge on any atom is 0.573 e. The number of halogens is 4. The third kappa shape index (κ3) is 3.75. The molecule has 1 N–H and O–H groups in total. The lowest BCUT2D eigenvalue weighted by Gasteiger charge is -2.40. The minimum Gasteiger partial charge on any atom is -0.406 e. The van der Waals surface area contributed by atoms with E-state index in [1.165, 1.54) is 30.3 Å². The second-order valence-corrected chi connectivity index (χ2v) is 5.98. The SMILES string of the molecule is O=C(Nc1cccc(OC(F)(F)F)c1)C1(c2cccc(F)c2)CCC1. The highest BCUT2D eigenvalue weighted by Crippen LogP contribution is 2.44. The number of carbonyl (C=O) groups is 1. The first kappa shape index (κ1) is 17.3. The van der Waals surface area contributed by atoms with Gasteiger partial charge in [-0.1, -0.05) is 24.6 Å². The monoisotopic (exact) mass is 353 g/mol. The molecule has 2 aromatic rings. The van der Waals surface area contributed by atoms with Gasteiger partial charge in [0.2, 0.25) is 5.91 Å². The summed E-state index contributed by atoms with van der Waals surface area (Å²) in [5, 5.41) is 2.62. The van der Waals surface area contributed by atoms with Gasteiger partial charge in [0.25, 0.3) is 0 Å². The number of hydrogen-bond donors (Lipinski definition) is 1. The lowest BCUT2D eigenvalue weighted by Crippen LogP contribution is -2.46. The van der Waals surface area contributed by atoms with Crippen molar-refractivity contribution in [3.05, 3.63) is 59.9 Å². The molecule has 0 saturated heterocycles. The molecule has 25 heavy (non-hydrogen) atoms. The minimum absolute atomic E-state index is 0.189. The topological polar surface area (TPSA) is 38.3 Å². The van der Waals surface area contributed by atoms with Crippen molar-refractivity contribution >= 4 is 11.6 Å². The van der Waals surface area contributed by atoms with Crippen molar-refractivity contribution in [1.82, 2.24) is 0 Å². The van der Waals surface area contributed by atoms with Gasteiger partial charge in [0.1, 0.15) is 11.6 Å². The molecule has 132 valence electrons. The molecule has 0 radical (unpaired) electrons. The molecule has 0 bridgehead atoms. The average Bonchev–Trinajstić information content (AvgIpc) is 2.44. The Bertz CT molecular complexity index is 785. The maximum absolute atomic E-state index is 13.5. The van der Waals surface area contributed by atoms with Crippen molar-refractivity contribution in [3.8, 4) is 5.75 Å². The molecule has 0 aliphatic heterocycles. The fourth-order valence-electron chi connectivity index (χ4n) is 2.99. The highest BCUT2D eigenvalue weighted by atomic mass is 19.4. The van der Waals surface area contributed by atoms with Crippen molar-refractivity contribution in [2.75, 3.05) is 5.32 Å². The molecular weight excluding hydrogens is 338 g/mol. The minimum atomic E-state index is -4.81. The summed E-state index contributed by atoms with van der Waals surface area (Å²) in [5.41, 5.74) is -0.100. The molecule has 0 heterocycles. The highest BCUT2D eigenvalue weighted by molar-refractivity contribution is 6.00. The highest BCUT2D eigenvalue weighted by Gasteiger charge is 2.45. The Balaban J connectivity index is 1.80. The van der Waals surface area contributed by atoms with E-state index in [0.717, 1.165) is 18.6 Å². The van der Waals surface area contributed by atoms with Crippen molar-refractivity contribution in [3.63, 3.8) is 0 Å². The fraction of sp³-hybridized carbons (Fsp3) is 0.278. The van der Waals surface area contributed by atoms with Gasteiger partial charge in [-0.15, -0.1) is 13.2 Å². The van der Waals surface area contributed by atoms with Crippen LogP contribution in [0.15, 0.2) is 48.5 Å². The Kier molecular flexibility index (Phi) is 4.41. The van der Waals surface area contributed by atoms with E-state index in [9.17, 15) is 22.4 Å². The van der Waals surface area contributed by atoms with Crippen LogP contribution in [0.5, 0.6) is 5.75 Å². The molecule has 0 atom stereocenters. The smallest absolute Gasteiger partial charge is 0.406 e. The number of anilines is 1. The average molecular weight is 353 g/mol. The van der Waals surface area contributed by atoms with Gasteiger partial charge in [-0.3, -0.25) is 4.79 Å². The van der Waals surface area contributed by atoms with Crippen LogP contribution in [0, 0.1) is 5.82 Å². The summed E-state index contributed by atoms with van der Waals surface area (Å²) in [4.78, 5) is 12.7. The molecule has 1 saturated carbocycles. The van der Waals surface area contributed by atoms with Crippen LogP contribution in [0.25, 0.3) is 0 Å². The molecule has 0 aromatic heterocycles. The Morgan fingerprint density at radius 3 is 2.40 bits per heavy atom. The normalized spacial score (nSPS) is 16.0. The number of benzene rings is 2. The summed E-state index contributed by atoms with van der Waals surface area (Å²) in [7, 11) is 0. The Labute approximate surface area is 141 Å². The number of amides is 1. The summed E-state index contributed by atoms with van der Waals surface area (Å²) in [6.45, 7) is 0. The van der Waals surface area contributed by atoms with E-state index in [0.29, 0.717) is 18.4 Å². The van der Waals surface area contributed by atoms with E-state index in [4.69, 9.17) is 0 Å². The van der Waals surface area contributed by atoms with E-state index < -0.39 is 23.3 Å². The second kappa shape index (κ2) is 6.38. The van der Waals surface area contributed by atoms with Crippen LogP contribution in [0.2, 0.25) is 0 Å². The number of ether oxygens (including phenoxy) is 1. The summed E-state index contributed by atoms with van der Waals surface area (Å²) in [5.74, 6) is -1.22. The zero-order valence-corrected chi connectivity index (χ0v) is 13.1. The molecular formula is C18H15F4NO2. The van der Waals surface area contributed by atoms with Gasteiger partial charge < -0.3 is 10.1 Å². The van der Waals surface area contributed by atoms with Crippen LogP contribution in [0.4, 0.5) is 23.2 Å². The molecule has 1 aliphatic carbocycles. The van der Waals surface area contributed by atoms with Crippen LogP contribution >= 0.6 is 0 Å². The number of rotatable bonds is 4. The number of nitrogens with one attached hydrogen (secondary N) is 1. The van der Waals surface area contributed by atoms with Crippen LogP contribution in [0.1, 0.15) is 24.8 Å². The largest absolute Gasteiger partial charge is 0.573 e. The van der Waals surface area contributed by atoms with Crippen molar-refractivity contribution in [2.45, 2.75) is 31.0 Å². The zero-order chi connectivity index (χ0) is 18.1. The van der Waals surface area contributed by atoms with Crippen LogP contribution in [-0.2, 0) is 10.2 Å². The number of carbonyl (C=O) groups excluding carboxylic acids is 1. The molecule has 2 aromatic carbocycles. The molecule has 0 spiro atoms. The number of alkyl halides is 3. The van der Waals surface area contributed by atoms with E-state index in [2.05, 4.69) is 10.1 Å². The Morgan fingerprint density at radius 1 is 1.08 bits per heavy atom. The lowest BCUT2D eigenvalue weighted by atomic mass is 9.63. The lowest BCUT2D eigenvalue weighted by molar-refractivity contribution is -0.274. The second-order valence-electron chi connectivity index (χ2n) is 5.98. The summed E-state index contributed by atoms with van der Waals surface area (Å²) in [6.07, 6.45) is -2.87. The van der Waals surface area contributed by atoms with E-state index in [1.807, 2.05) is 0 Å². The van der Waals surface area contributed by atoms with E-state index in [1.54, 1.807) is 6.07 Å². The van der Waals surface area contributed by atoms with Gasteiger partial charge >= 0.3 is 6.36 Å². The summed E-state index contributed by atoms with van der Waals surface area (Å²) in [6, 6.07) is 10.9. The van der Waals surface area contributed by atoms with Gasteiger partial charge in [-0.25, -0.2) is 4.39 Å². The number of hydrogen-bond acceptors (Lipinski definition) is 2. The van der Waals surface area contributed by atoms with E-state index in [-0.39, 0.29) is 11.6 Å². The molecule has 1 aliphatic rings. The first-order valence-electron chi connectivity index (χ1n) is 7.72. The standard InChI is InChI=1S/C18H15F4NO2/c19-13-5-1-4-12(10-13)17(8-3-9-17)16(24)23-14-6-2-7-15(11-14)25-18(20,21)22/h1-2,4-7,10-11H,3,8-9H2,(H,23,24). The van der Waals surface area contributed by atoms with Crippen molar-refractivity contribution < 1.29 is 27.1 Å². The van der Waals surface area contributed by atoms with Gasteiger partial charge in [0, 0.05) is 11.8 Å².